The van der Waals surface area contributed by atoms with Crippen molar-refractivity contribution in [3.05, 3.63) is 0 Å². The molecular weight excluding hydrogens is 168 g/mol. The van der Waals surface area contributed by atoms with Gasteiger partial charge < -0.3 is 10.0 Å². The third-order valence-corrected chi connectivity index (χ3v) is 1.80. The molecule has 0 aromatic carbocycles. The number of aliphatic imine (C=N–C) groups is 1. The number of rotatable bonds is 2. The number of amidine groups is 1. The molecule has 0 radical (unpaired) electrons. The molecule has 13 heavy (non-hydrogen) atoms. The highest BCUT2D eigenvalue weighted by molar-refractivity contribution is 5.94. The number of hydrogen-bond acceptors (Lipinski definition) is 2. The predicted molar refractivity (Wildman–Crippen MR) is 52.6 cm³/mol. The van der Waals surface area contributed by atoms with Crippen molar-refractivity contribution in [2.45, 2.75) is 26.9 Å². The van der Waals surface area contributed by atoms with Crippen LogP contribution in [0.25, 0.3) is 0 Å². The fourth-order valence-electron chi connectivity index (χ4n) is 0.611. The first-order valence-electron chi connectivity index (χ1n) is 4.30. The predicted octanol–water partition coefficient (Wildman–Crippen LogP) is 0.510. The lowest BCUT2D eigenvalue weighted by atomic mass is 10.1. The summed E-state index contributed by atoms with van der Waals surface area (Å²) in [6.07, 6.45) is -0.991. The van der Waals surface area contributed by atoms with Crippen LogP contribution in [0.2, 0.25) is 0 Å². The highest BCUT2D eigenvalue weighted by atomic mass is 16.3. The minimum absolute atomic E-state index is 0.0915. The van der Waals surface area contributed by atoms with Crippen molar-refractivity contribution in [1.29, 1.82) is 0 Å². The summed E-state index contributed by atoms with van der Waals surface area (Å²) in [5, 5.41) is 9.35. The van der Waals surface area contributed by atoms with Crippen LogP contribution in [-0.2, 0) is 4.79 Å². The molecule has 0 saturated heterocycles. The third-order valence-electron chi connectivity index (χ3n) is 1.80. The molecule has 0 saturated carbocycles. The van der Waals surface area contributed by atoms with Gasteiger partial charge in [-0.05, 0) is 12.8 Å². The summed E-state index contributed by atoms with van der Waals surface area (Å²) < 4.78 is 0. The van der Waals surface area contributed by atoms with E-state index in [-0.39, 0.29) is 5.92 Å². The van der Waals surface area contributed by atoms with Gasteiger partial charge in [0.2, 0.25) is 0 Å². The monoisotopic (exact) mass is 186 g/mol. The van der Waals surface area contributed by atoms with E-state index in [4.69, 9.17) is 0 Å². The van der Waals surface area contributed by atoms with Crippen LogP contribution in [0.15, 0.2) is 4.99 Å². The second kappa shape index (κ2) is 4.97. The largest absolute Gasteiger partial charge is 0.383 e. The molecule has 0 fully saturated rings. The smallest absolute Gasteiger partial charge is 0.276 e. The fourth-order valence-corrected chi connectivity index (χ4v) is 0.611. The first-order chi connectivity index (χ1) is 5.86. The Morgan fingerprint density at radius 1 is 1.38 bits per heavy atom. The molecule has 0 bridgehead atoms. The Morgan fingerprint density at radius 2 is 1.85 bits per heavy atom. The van der Waals surface area contributed by atoms with Crippen LogP contribution in [0.3, 0.4) is 0 Å². The number of amides is 1. The minimum Gasteiger partial charge on any atom is -0.383 e. The number of aliphatic hydroxyl groups excluding tert-OH is 1. The van der Waals surface area contributed by atoms with Crippen molar-refractivity contribution in [2.75, 3.05) is 14.1 Å². The molecule has 76 valence electrons. The van der Waals surface area contributed by atoms with Crippen LogP contribution in [0.4, 0.5) is 0 Å². The Hall–Kier alpha value is -0.900. The summed E-state index contributed by atoms with van der Waals surface area (Å²) in [6, 6.07) is 0. The van der Waals surface area contributed by atoms with Gasteiger partial charge in [0, 0.05) is 14.1 Å². The summed E-state index contributed by atoms with van der Waals surface area (Å²) in [4.78, 5) is 16.7. The first kappa shape index (κ1) is 12.1. The Bertz CT molecular complexity index is 210. The molecule has 0 aromatic heterocycles. The molecular formula is C9H18N2O2. The van der Waals surface area contributed by atoms with Gasteiger partial charge in [0.1, 0.15) is 11.9 Å². The fraction of sp³-hybridized carbons (Fsp3) is 0.778. The molecule has 4 nitrogen and oxygen atoms in total. The second-order valence-corrected chi connectivity index (χ2v) is 3.58. The van der Waals surface area contributed by atoms with Crippen LogP contribution in [-0.4, -0.2) is 41.9 Å². The van der Waals surface area contributed by atoms with Gasteiger partial charge in [0.15, 0.2) is 0 Å². The molecule has 1 amide bonds. The van der Waals surface area contributed by atoms with Gasteiger partial charge in [-0.1, -0.05) is 13.8 Å². The van der Waals surface area contributed by atoms with E-state index in [0.717, 1.165) is 0 Å². The van der Waals surface area contributed by atoms with E-state index in [1.165, 1.54) is 0 Å². The van der Waals surface area contributed by atoms with Crippen molar-refractivity contribution in [2.24, 2.45) is 10.9 Å². The lowest BCUT2D eigenvalue weighted by Gasteiger charge is -2.13. The van der Waals surface area contributed by atoms with Crippen LogP contribution >= 0.6 is 0 Å². The zero-order valence-corrected chi connectivity index (χ0v) is 8.90. The highest BCUT2D eigenvalue weighted by Gasteiger charge is 2.18. The summed E-state index contributed by atoms with van der Waals surface area (Å²) >= 11 is 0. The standard InChI is InChI=1S/C9H18N2O2/c1-6(2)8(12)9(13)10-7(3)11(4)5/h6,8,12H,1-5H3/b10-7+. The molecule has 0 aliphatic carbocycles. The Labute approximate surface area is 79.3 Å². The average molecular weight is 186 g/mol. The third kappa shape index (κ3) is 4.03. The molecule has 1 atom stereocenters. The van der Waals surface area contributed by atoms with Gasteiger partial charge in [-0.15, -0.1) is 0 Å². The normalized spacial score (nSPS) is 14.5. The van der Waals surface area contributed by atoms with Crippen molar-refractivity contribution in [1.82, 2.24) is 4.90 Å². The Kier molecular flexibility index (Phi) is 4.62. The van der Waals surface area contributed by atoms with Crippen molar-refractivity contribution < 1.29 is 9.90 Å². The highest BCUT2D eigenvalue weighted by Crippen LogP contribution is 2.03. The maximum Gasteiger partial charge on any atom is 0.276 e. The quantitative estimate of drug-likeness (QED) is 0.505. The van der Waals surface area contributed by atoms with Gasteiger partial charge in [0.05, 0.1) is 0 Å². The molecule has 4 heteroatoms. The Balaban J connectivity index is 4.37. The maximum atomic E-state index is 11.2. The molecule has 0 aliphatic heterocycles. The molecule has 0 aromatic rings. The summed E-state index contributed by atoms with van der Waals surface area (Å²) in [5.74, 6) is 0.0390. The van der Waals surface area contributed by atoms with Crippen LogP contribution in [0.1, 0.15) is 20.8 Å². The van der Waals surface area contributed by atoms with Crippen LogP contribution < -0.4 is 0 Å². The zero-order chi connectivity index (χ0) is 10.6. The van der Waals surface area contributed by atoms with E-state index in [0.29, 0.717) is 5.84 Å². The van der Waals surface area contributed by atoms with E-state index < -0.39 is 12.0 Å². The maximum absolute atomic E-state index is 11.2. The lowest BCUT2D eigenvalue weighted by molar-refractivity contribution is -0.127. The van der Waals surface area contributed by atoms with E-state index in [2.05, 4.69) is 4.99 Å². The van der Waals surface area contributed by atoms with Crippen molar-refractivity contribution in [3.8, 4) is 0 Å². The molecule has 0 spiro atoms. The lowest BCUT2D eigenvalue weighted by Crippen LogP contribution is -2.28. The molecule has 1 unspecified atom stereocenters. The number of carbonyl (C=O) groups is 1. The van der Waals surface area contributed by atoms with E-state index in [9.17, 15) is 9.90 Å². The number of aliphatic hydroxyl groups is 1. The van der Waals surface area contributed by atoms with Crippen LogP contribution in [0, 0.1) is 5.92 Å². The van der Waals surface area contributed by atoms with E-state index >= 15 is 0 Å². The zero-order valence-electron chi connectivity index (χ0n) is 8.90. The molecule has 1 N–H and O–H groups in total. The topological polar surface area (TPSA) is 52.9 Å². The van der Waals surface area contributed by atoms with Gasteiger partial charge in [0.25, 0.3) is 5.91 Å². The number of hydrogen-bond donors (Lipinski definition) is 1. The van der Waals surface area contributed by atoms with Gasteiger partial charge in [-0.2, -0.15) is 4.99 Å². The van der Waals surface area contributed by atoms with Gasteiger partial charge in [-0.25, -0.2) is 0 Å². The SMILES string of the molecule is C/C(=N\C(=O)C(O)C(C)C)N(C)C. The number of nitrogens with zero attached hydrogens (tertiary/aromatic N) is 2. The summed E-state index contributed by atoms with van der Waals surface area (Å²) in [7, 11) is 3.60. The average Bonchev–Trinajstić information content (AvgIpc) is 2.02. The Morgan fingerprint density at radius 3 is 2.15 bits per heavy atom. The summed E-state index contributed by atoms with van der Waals surface area (Å²) in [6.45, 7) is 5.29. The van der Waals surface area contributed by atoms with Gasteiger partial charge in [-0.3, -0.25) is 4.79 Å². The second-order valence-electron chi connectivity index (χ2n) is 3.58. The van der Waals surface area contributed by atoms with E-state index in [1.54, 1.807) is 39.8 Å². The van der Waals surface area contributed by atoms with Crippen LogP contribution in [0.5, 0.6) is 0 Å². The van der Waals surface area contributed by atoms with Crippen molar-refractivity contribution >= 4 is 11.7 Å². The minimum atomic E-state index is -0.991. The van der Waals surface area contributed by atoms with Crippen molar-refractivity contribution in [3.63, 3.8) is 0 Å². The molecule has 0 rings (SSSR count). The summed E-state index contributed by atoms with van der Waals surface area (Å²) in [5.41, 5.74) is 0. The first-order valence-corrected chi connectivity index (χ1v) is 4.30. The molecule has 0 heterocycles. The van der Waals surface area contributed by atoms with Gasteiger partial charge >= 0.3 is 0 Å². The number of carbonyl (C=O) groups excluding carboxylic acids is 1. The van der Waals surface area contributed by atoms with E-state index in [1.807, 2.05) is 0 Å². The molecule has 0 aliphatic rings.